The molecule has 0 amide bonds. The van der Waals surface area contributed by atoms with E-state index in [1.165, 1.54) is 0 Å². The minimum absolute atomic E-state index is 0.402. The average Bonchev–Trinajstić information content (AvgIpc) is 2.55. The number of rotatable bonds is 0. The summed E-state index contributed by atoms with van der Waals surface area (Å²) in [5.41, 5.74) is 0.883. The molecule has 0 aliphatic carbocycles. The molecule has 3 rings (SSSR count). The zero-order valence-electron chi connectivity index (χ0n) is 7.90. The highest BCUT2D eigenvalue weighted by Gasteiger charge is 2.26. The van der Waals surface area contributed by atoms with Crippen molar-refractivity contribution in [1.82, 2.24) is 4.72 Å². The second-order valence-corrected chi connectivity index (χ2v) is 5.32. The fourth-order valence-corrected chi connectivity index (χ4v) is 3.24. The summed E-state index contributed by atoms with van der Waals surface area (Å²) in [4.78, 5) is 0.418. The fourth-order valence-electron chi connectivity index (χ4n) is 1.99. The molecule has 3 nitrogen and oxygen atoms in total. The summed E-state index contributed by atoms with van der Waals surface area (Å²) in [5.74, 6) is 0. The molecule has 0 radical (unpaired) electrons. The van der Waals surface area contributed by atoms with Gasteiger partial charge in [0.05, 0.1) is 4.90 Å². The van der Waals surface area contributed by atoms with Gasteiger partial charge in [-0.1, -0.05) is 30.3 Å². The van der Waals surface area contributed by atoms with Gasteiger partial charge < -0.3 is 0 Å². The summed E-state index contributed by atoms with van der Waals surface area (Å²) in [6, 6.07) is 11.3. The van der Waals surface area contributed by atoms with E-state index in [9.17, 15) is 8.42 Å². The zero-order chi connectivity index (χ0) is 10.5. The van der Waals surface area contributed by atoms with Gasteiger partial charge in [0.1, 0.15) is 0 Å². The highest BCUT2D eigenvalue weighted by molar-refractivity contribution is 7.89. The molecule has 0 saturated heterocycles. The molecular weight excluding hydrogens is 210 g/mol. The lowest BCUT2D eigenvalue weighted by Gasteiger charge is -2.02. The normalized spacial score (nSPS) is 17.9. The molecule has 2 aromatic rings. The second kappa shape index (κ2) is 2.81. The van der Waals surface area contributed by atoms with Gasteiger partial charge >= 0.3 is 0 Å². The minimum Gasteiger partial charge on any atom is -0.207 e. The molecule has 0 fully saturated rings. The Morgan fingerprint density at radius 3 is 2.73 bits per heavy atom. The predicted molar refractivity (Wildman–Crippen MR) is 58.0 cm³/mol. The minimum atomic E-state index is -3.25. The van der Waals surface area contributed by atoms with E-state index in [1.807, 2.05) is 30.3 Å². The third kappa shape index (κ3) is 1.19. The van der Waals surface area contributed by atoms with Crippen molar-refractivity contribution >= 4 is 20.8 Å². The molecular formula is C11H9NO2S. The van der Waals surface area contributed by atoms with Crippen LogP contribution in [0.5, 0.6) is 0 Å². The number of benzene rings is 2. The van der Waals surface area contributed by atoms with E-state index in [0.29, 0.717) is 11.4 Å². The molecule has 0 spiro atoms. The van der Waals surface area contributed by atoms with Crippen molar-refractivity contribution in [2.24, 2.45) is 0 Å². The van der Waals surface area contributed by atoms with E-state index in [1.54, 1.807) is 6.07 Å². The maximum Gasteiger partial charge on any atom is 0.241 e. The molecule has 4 heteroatoms. The number of nitrogens with one attached hydrogen (secondary N) is 1. The van der Waals surface area contributed by atoms with Gasteiger partial charge in [0.15, 0.2) is 0 Å². The Kier molecular flexibility index (Phi) is 1.66. The van der Waals surface area contributed by atoms with E-state index in [-0.39, 0.29) is 0 Å². The van der Waals surface area contributed by atoms with Crippen molar-refractivity contribution in [2.75, 3.05) is 0 Å². The highest BCUT2D eigenvalue weighted by atomic mass is 32.2. The lowest BCUT2D eigenvalue weighted by atomic mass is 10.0. The van der Waals surface area contributed by atoms with Crippen LogP contribution in [-0.4, -0.2) is 8.42 Å². The fraction of sp³-hybridized carbons (Fsp3) is 0.0909. The molecule has 76 valence electrons. The highest BCUT2D eigenvalue weighted by Crippen LogP contribution is 2.29. The molecule has 15 heavy (non-hydrogen) atoms. The summed E-state index contributed by atoms with van der Waals surface area (Å²) in [6.45, 7) is 0.402. The Hall–Kier alpha value is -1.39. The van der Waals surface area contributed by atoms with Crippen molar-refractivity contribution < 1.29 is 8.42 Å². The molecule has 0 aromatic heterocycles. The van der Waals surface area contributed by atoms with Crippen LogP contribution in [0.4, 0.5) is 0 Å². The van der Waals surface area contributed by atoms with Gasteiger partial charge in [0.25, 0.3) is 0 Å². The monoisotopic (exact) mass is 219 g/mol. The van der Waals surface area contributed by atoms with Crippen molar-refractivity contribution in [3.05, 3.63) is 42.0 Å². The van der Waals surface area contributed by atoms with Crippen LogP contribution < -0.4 is 4.72 Å². The summed E-state index contributed by atoms with van der Waals surface area (Å²) in [6.07, 6.45) is 0. The van der Waals surface area contributed by atoms with Gasteiger partial charge in [0.2, 0.25) is 10.0 Å². The Morgan fingerprint density at radius 1 is 1.07 bits per heavy atom. The first-order chi connectivity index (χ1) is 7.18. The number of sulfonamides is 1. The van der Waals surface area contributed by atoms with E-state index < -0.39 is 10.0 Å². The predicted octanol–water partition coefficient (Wildman–Crippen LogP) is 1.63. The number of fused-ring (bicyclic) bond motifs is 3. The molecule has 0 unspecified atom stereocenters. The van der Waals surface area contributed by atoms with Crippen LogP contribution in [0.3, 0.4) is 0 Å². The van der Waals surface area contributed by atoms with Crippen molar-refractivity contribution in [3.63, 3.8) is 0 Å². The zero-order valence-corrected chi connectivity index (χ0v) is 8.71. The van der Waals surface area contributed by atoms with Crippen LogP contribution in [-0.2, 0) is 16.6 Å². The van der Waals surface area contributed by atoms with E-state index in [4.69, 9.17) is 0 Å². The average molecular weight is 219 g/mol. The molecule has 0 bridgehead atoms. The lowest BCUT2D eigenvalue weighted by molar-refractivity contribution is 0.589. The lowest BCUT2D eigenvalue weighted by Crippen LogP contribution is -2.13. The van der Waals surface area contributed by atoms with Gasteiger partial charge in [0, 0.05) is 6.54 Å². The van der Waals surface area contributed by atoms with Gasteiger partial charge in [-0.05, 0) is 22.4 Å². The first-order valence-corrected chi connectivity index (χ1v) is 6.17. The Morgan fingerprint density at radius 2 is 1.87 bits per heavy atom. The van der Waals surface area contributed by atoms with E-state index >= 15 is 0 Å². The van der Waals surface area contributed by atoms with Crippen LogP contribution in [0.1, 0.15) is 5.56 Å². The first-order valence-electron chi connectivity index (χ1n) is 4.69. The third-order valence-electron chi connectivity index (χ3n) is 2.73. The van der Waals surface area contributed by atoms with Crippen molar-refractivity contribution in [2.45, 2.75) is 11.4 Å². The van der Waals surface area contributed by atoms with Crippen LogP contribution in [0.2, 0.25) is 0 Å². The second-order valence-electron chi connectivity index (χ2n) is 3.59. The van der Waals surface area contributed by atoms with Crippen LogP contribution in [0.15, 0.2) is 41.3 Å². The number of hydrogen-bond donors (Lipinski definition) is 1. The van der Waals surface area contributed by atoms with Crippen molar-refractivity contribution in [1.29, 1.82) is 0 Å². The Bertz CT molecular complexity index is 647. The Labute approximate surface area is 87.8 Å². The maximum atomic E-state index is 11.6. The Balaban J connectivity index is 2.48. The largest absolute Gasteiger partial charge is 0.241 e. The molecule has 2 aromatic carbocycles. The SMILES string of the molecule is O=S1(=O)NCc2c1ccc1ccccc21. The first kappa shape index (κ1) is 8.88. The van der Waals surface area contributed by atoms with E-state index in [2.05, 4.69) is 4.72 Å². The maximum absolute atomic E-state index is 11.6. The number of hydrogen-bond acceptors (Lipinski definition) is 2. The van der Waals surface area contributed by atoms with Crippen LogP contribution in [0, 0.1) is 0 Å². The summed E-state index contributed by atoms with van der Waals surface area (Å²) >= 11 is 0. The summed E-state index contributed by atoms with van der Waals surface area (Å²) in [5, 5.41) is 2.10. The molecule has 1 aliphatic heterocycles. The topological polar surface area (TPSA) is 46.2 Å². The van der Waals surface area contributed by atoms with Gasteiger partial charge in [-0.2, -0.15) is 0 Å². The van der Waals surface area contributed by atoms with Crippen LogP contribution in [0.25, 0.3) is 10.8 Å². The summed E-state index contributed by atoms with van der Waals surface area (Å²) < 4.78 is 25.7. The smallest absolute Gasteiger partial charge is 0.207 e. The summed E-state index contributed by atoms with van der Waals surface area (Å²) in [7, 11) is -3.25. The molecule has 1 N–H and O–H groups in total. The third-order valence-corrected chi connectivity index (χ3v) is 4.21. The molecule has 1 aliphatic rings. The molecule has 0 atom stereocenters. The quantitative estimate of drug-likeness (QED) is 0.732. The van der Waals surface area contributed by atoms with Crippen molar-refractivity contribution in [3.8, 4) is 0 Å². The molecule has 1 heterocycles. The van der Waals surface area contributed by atoms with Gasteiger partial charge in [-0.3, -0.25) is 0 Å². The van der Waals surface area contributed by atoms with Crippen LogP contribution >= 0.6 is 0 Å². The van der Waals surface area contributed by atoms with Gasteiger partial charge in [-0.15, -0.1) is 0 Å². The molecule has 0 saturated carbocycles. The van der Waals surface area contributed by atoms with Gasteiger partial charge in [-0.25, -0.2) is 13.1 Å². The van der Waals surface area contributed by atoms with E-state index in [0.717, 1.165) is 16.3 Å². The standard InChI is InChI=1S/C11H9NO2S/c13-15(14)11-6-5-8-3-1-2-4-9(8)10(11)7-12-15/h1-6,12H,7H2.